The number of aromatic nitrogens is 3. The lowest BCUT2D eigenvalue weighted by molar-refractivity contribution is 0.547. The number of pyridine rings is 2. The topological polar surface area (TPSA) is 46.0 Å². The predicted octanol–water partition coefficient (Wildman–Crippen LogP) is 4.89. The number of halogens is 1. The standard InChI is InChI=1S/C24H20FN5S/c1-16-7-12-21(29(16)19-5-4-13-26-15-19)23-22(20-6-2-3-14-27-20)28-24(31)30(23)18-10-8-17(25)9-11-18/h2-15,22-23H,1H3,(H,28,31). The molecule has 2 atom stereocenters. The maximum absolute atomic E-state index is 13.6. The normalized spacial score (nSPS) is 18.3. The molecule has 1 aliphatic rings. The number of aryl methyl sites for hydroxylation is 1. The molecule has 0 spiro atoms. The summed E-state index contributed by atoms with van der Waals surface area (Å²) < 4.78 is 15.8. The highest BCUT2D eigenvalue weighted by Gasteiger charge is 2.42. The maximum Gasteiger partial charge on any atom is 0.174 e. The summed E-state index contributed by atoms with van der Waals surface area (Å²) in [4.78, 5) is 10.9. The number of rotatable bonds is 4. The number of hydrogen-bond acceptors (Lipinski definition) is 3. The molecule has 0 aliphatic carbocycles. The number of nitrogens with one attached hydrogen (secondary N) is 1. The number of thiocarbonyl (C=S) groups is 1. The van der Waals surface area contributed by atoms with E-state index in [1.54, 1.807) is 24.5 Å². The Morgan fingerprint density at radius 2 is 1.77 bits per heavy atom. The van der Waals surface area contributed by atoms with Crippen LogP contribution in [0.5, 0.6) is 0 Å². The Balaban J connectivity index is 1.70. The number of hydrogen-bond donors (Lipinski definition) is 1. The second-order valence-corrected chi connectivity index (χ2v) is 7.81. The number of anilines is 1. The third kappa shape index (κ3) is 3.47. The average molecular weight is 430 g/mol. The Bertz CT molecular complexity index is 1210. The van der Waals surface area contributed by atoms with Crippen LogP contribution in [-0.4, -0.2) is 19.6 Å². The van der Waals surface area contributed by atoms with Crippen molar-refractivity contribution in [2.45, 2.75) is 19.0 Å². The molecule has 1 fully saturated rings. The van der Waals surface area contributed by atoms with E-state index in [1.165, 1.54) is 12.1 Å². The summed E-state index contributed by atoms with van der Waals surface area (Å²) in [6.45, 7) is 2.06. The summed E-state index contributed by atoms with van der Waals surface area (Å²) in [5.41, 5.74) is 4.80. The zero-order valence-electron chi connectivity index (χ0n) is 16.8. The summed E-state index contributed by atoms with van der Waals surface area (Å²) in [7, 11) is 0. The van der Waals surface area contributed by atoms with Gasteiger partial charge < -0.3 is 14.8 Å². The molecule has 0 radical (unpaired) electrons. The first-order chi connectivity index (χ1) is 15.1. The molecular formula is C24H20FN5S. The first-order valence-electron chi connectivity index (χ1n) is 9.98. The molecule has 4 heterocycles. The minimum absolute atomic E-state index is 0.177. The second kappa shape index (κ2) is 7.92. The molecule has 1 aliphatic heterocycles. The van der Waals surface area contributed by atoms with Crippen LogP contribution in [0.3, 0.4) is 0 Å². The van der Waals surface area contributed by atoms with E-state index in [1.807, 2.05) is 41.4 Å². The molecule has 1 N–H and O–H groups in total. The second-order valence-electron chi connectivity index (χ2n) is 7.42. The van der Waals surface area contributed by atoms with E-state index < -0.39 is 0 Å². The molecular weight excluding hydrogens is 409 g/mol. The average Bonchev–Trinajstić information content (AvgIpc) is 3.35. The monoisotopic (exact) mass is 429 g/mol. The summed E-state index contributed by atoms with van der Waals surface area (Å²) in [6.07, 6.45) is 5.38. The van der Waals surface area contributed by atoms with Crippen LogP contribution in [0.4, 0.5) is 10.1 Å². The van der Waals surface area contributed by atoms with Gasteiger partial charge in [0.25, 0.3) is 0 Å². The van der Waals surface area contributed by atoms with Crippen molar-refractivity contribution in [3.63, 3.8) is 0 Å². The smallest absolute Gasteiger partial charge is 0.174 e. The molecule has 7 heteroatoms. The van der Waals surface area contributed by atoms with Gasteiger partial charge in [0.1, 0.15) is 11.9 Å². The Labute approximate surface area is 185 Å². The fraction of sp³-hybridized carbons (Fsp3) is 0.125. The van der Waals surface area contributed by atoms with Gasteiger partial charge in [-0.3, -0.25) is 9.97 Å². The minimum atomic E-state index is -0.283. The van der Waals surface area contributed by atoms with Crippen LogP contribution in [-0.2, 0) is 0 Å². The zero-order chi connectivity index (χ0) is 21.4. The highest BCUT2D eigenvalue weighted by atomic mass is 32.1. The zero-order valence-corrected chi connectivity index (χ0v) is 17.6. The molecule has 5 rings (SSSR count). The van der Waals surface area contributed by atoms with Gasteiger partial charge in [0, 0.05) is 29.5 Å². The highest BCUT2D eigenvalue weighted by Crippen LogP contribution is 2.42. The van der Waals surface area contributed by atoms with E-state index in [-0.39, 0.29) is 17.9 Å². The van der Waals surface area contributed by atoms with Gasteiger partial charge in [0.2, 0.25) is 0 Å². The molecule has 3 aromatic heterocycles. The van der Waals surface area contributed by atoms with Gasteiger partial charge in [0.05, 0.1) is 23.6 Å². The largest absolute Gasteiger partial charge is 0.351 e. The van der Waals surface area contributed by atoms with Crippen molar-refractivity contribution in [1.82, 2.24) is 19.9 Å². The molecule has 0 saturated carbocycles. The van der Waals surface area contributed by atoms with Crippen molar-refractivity contribution in [3.05, 3.63) is 108 Å². The molecule has 154 valence electrons. The Morgan fingerprint density at radius 1 is 0.935 bits per heavy atom. The lowest BCUT2D eigenvalue weighted by Gasteiger charge is -2.29. The Kier molecular flexibility index (Phi) is 4.95. The van der Waals surface area contributed by atoms with Crippen LogP contribution in [0.1, 0.15) is 29.2 Å². The number of benzene rings is 1. The quantitative estimate of drug-likeness (QED) is 0.468. The lowest BCUT2D eigenvalue weighted by atomic mass is 10.0. The van der Waals surface area contributed by atoms with Gasteiger partial charge in [-0.05, 0) is 79.8 Å². The molecule has 0 bridgehead atoms. The van der Waals surface area contributed by atoms with E-state index in [4.69, 9.17) is 12.2 Å². The van der Waals surface area contributed by atoms with E-state index in [0.29, 0.717) is 5.11 Å². The molecule has 4 aromatic rings. The van der Waals surface area contributed by atoms with Crippen molar-refractivity contribution in [3.8, 4) is 5.69 Å². The Morgan fingerprint density at radius 3 is 2.48 bits per heavy atom. The van der Waals surface area contributed by atoms with Gasteiger partial charge in [-0.2, -0.15) is 0 Å². The lowest BCUT2D eigenvalue weighted by Crippen LogP contribution is -2.30. The highest BCUT2D eigenvalue weighted by molar-refractivity contribution is 7.80. The molecule has 1 saturated heterocycles. The van der Waals surface area contributed by atoms with Gasteiger partial charge in [-0.15, -0.1) is 0 Å². The Hall–Kier alpha value is -3.58. The van der Waals surface area contributed by atoms with Crippen LogP contribution < -0.4 is 10.2 Å². The van der Waals surface area contributed by atoms with Gasteiger partial charge >= 0.3 is 0 Å². The molecule has 5 nitrogen and oxygen atoms in total. The van der Waals surface area contributed by atoms with Gasteiger partial charge in [-0.1, -0.05) is 6.07 Å². The van der Waals surface area contributed by atoms with Crippen molar-refractivity contribution < 1.29 is 4.39 Å². The third-order valence-corrected chi connectivity index (χ3v) is 5.83. The predicted molar refractivity (Wildman–Crippen MR) is 123 cm³/mol. The third-order valence-electron chi connectivity index (χ3n) is 5.52. The van der Waals surface area contributed by atoms with E-state index in [0.717, 1.165) is 28.5 Å². The van der Waals surface area contributed by atoms with Gasteiger partial charge in [0.15, 0.2) is 5.11 Å². The maximum atomic E-state index is 13.6. The van der Waals surface area contributed by atoms with Crippen molar-refractivity contribution in [1.29, 1.82) is 0 Å². The molecule has 1 aromatic carbocycles. The molecule has 31 heavy (non-hydrogen) atoms. The summed E-state index contributed by atoms with van der Waals surface area (Å²) >= 11 is 5.75. The summed E-state index contributed by atoms with van der Waals surface area (Å²) in [5, 5.41) is 4.02. The minimum Gasteiger partial charge on any atom is -0.351 e. The van der Waals surface area contributed by atoms with Crippen molar-refractivity contribution in [2.75, 3.05) is 4.90 Å². The van der Waals surface area contributed by atoms with E-state index in [2.05, 4.69) is 38.9 Å². The first kappa shape index (κ1) is 19.4. The van der Waals surface area contributed by atoms with E-state index in [9.17, 15) is 4.39 Å². The van der Waals surface area contributed by atoms with Crippen LogP contribution in [0.25, 0.3) is 5.69 Å². The van der Waals surface area contributed by atoms with Crippen LogP contribution in [0, 0.1) is 12.7 Å². The van der Waals surface area contributed by atoms with Gasteiger partial charge in [-0.25, -0.2) is 4.39 Å². The van der Waals surface area contributed by atoms with Crippen LogP contribution >= 0.6 is 12.2 Å². The molecule has 2 unspecified atom stereocenters. The first-order valence-corrected chi connectivity index (χ1v) is 10.4. The summed E-state index contributed by atoms with van der Waals surface area (Å²) in [6, 6.07) is 20.0. The van der Waals surface area contributed by atoms with Crippen molar-refractivity contribution in [2.24, 2.45) is 0 Å². The van der Waals surface area contributed by atoms with E-state index >= 15 is 0 Å². The fourth-order valence-electron chi connectivity index (χ4n) is 4.16. The van der Waals surface area contributed by atoms with Crippen LogP contribution in [0.15, 0.2) is 85.3 Å². The summed E-state index contributed by atoms with van der Waals surface area (Å²) in [5.74, 6) is -0.283. The SMILES string of the molecule is Cc1ccc(C2C(c3ccccn3)NC(=S)N2c2ccc(F)cc2)n1-c1cccnc1. The molecule has 0 amide bonds. The van der Waals surface area contributed by atoms with Crippen LogP contribution in [0.2, 0.25) is 0 Å². The number of nitrogens with zero attached hydrogens (tertiary/aromatic N) is 4. The van der Waals surface area contributed by atoms with Crippen molar-refractivity contribution >= 4 is 23.0 Å². The fourth-order valence-corrected chi connectivity index (χ4v) is 4.51.